The number of hydrogen-bond acceptors (Lipinski definition) is 5. The SMILES string of the molecule is Cc1c(C(=O)c2ccc(Cl)cc2)c2ccc(OC(F)(F)F)cc2n1-c1cc(F)cc(O[C@H](C)C(=O)[O-])c1.[Na+]. The summed E-state index contributed by atoms with van der Waals surface area (Å²) in [5, 5.41) is 11.8. The molecule has 0 spiro atoms. The normalized spacial score (nSPS) is 12.1. The van der Waals surface area contributed by atoms with Gasteiger partial charge in [0.25, 0.3) is 0 Å². The summed E-state index contributed by atoms with van der Waals surface area (Å²) in [4.78, 5) is 24.5. The molecule has 1 atom stereocenters. The first-order chi connectivity index (χ1) is 17.3. The van der Waals surface area contributed by atoms with E-state index in [9.17, 15) is 32.3 Å². The van der Waals surface area contributed by atoms with Crippen LogP contribution in [0.3, 0.4) is 0 Å². The van der Waals surface area contributed by atoms with Crippen LogP contribution in [-0.4, -0.2) is 28.8 Å². The van der Waals surface area contributed by atoms with E-state index < -0.39 is 35.8 Å². The van der Waals surface area contributed by atoms with E-state index in [-0.39, 0.29) is 68.7 Å². The van der Waals surface area contributed by atoms with Crippen molar-refractivity contribution in [2.45, 2.75) is 26.3 Å². The van der Waals surface area contributed by atoms with Crippen LogP contribution in [0.1, 0.15) is 28.5 Å². The molecule has 0 unspecified atom stereocenters. The van der Waals surface area contributed by atoms with Crippen LogP contribution in [0.5, 0.6) is 11.5 Å². The number of halogens is 5. The molecule has 0 bridgehead atoms. The third-order valence-electron chi connectivity index (χ3n) is 5.50. The molecule has 0 aliphatic carbocycles. The Morgan fingerprint density at radius 1 is 1.00 bits per heavy atom. The second-order valence-corrected chi connectivity index (χ2v) is 8.52. The quantitative estimate of drug-likeness (QED) is 0.198. The van der Waals surface area contributed by atoms with Gasteiger partial charge >= 0.3 is 35.9 Å². The Labute approximate surface area is 241 Å². The number of rotatable bonds is 7. The van der Waals surface area contributed by atoms with Gasteiger partial charge in [0.1, 0.15) is 23.4 Å². The Hall–Kier alpha value is -3.05. The molecule has 0 aliphatic heterocycles. The zero-order valence-electron chi connectivity index (χ0n) is 20.2. The fraction of sp³-hybridized carbons (Fsp3) is 0.154. The Kier molecular flexibility index (Phi) is 8.82. The molecule has 192 valence electrons. The van der Waals surface area contributed by atoms with E-state index in [2.05, 4.69) is 4.74 Å². The summed E-state index contributed by atoms with van der Waals surface area (Å²) >= 11 is 5.92. The van der Waals surface area contributed by atoms with Crippen LogP contribution in [0.15, 0.2) is 60.7 Å². The van der Waals surface area contributed by atoms with Crippen molar-refractivity contribution >= 4 is 34.3 Å². The zero-order chi connectivity index (χ0) is 27.1. The second kappa shape index (κ2) is 11.4. The van der Waals surface area contributed by atoms with Crippen molar-refractivity contribution in [3.8, 4) is 17.2 Å². The molecule has 12 heteroatoms. The third kappa shape index (κ3) is 6.32. The number of benzene rings is 3. The maximum Gasteiger partial charge on any atom is 1.00 e. The predicted octanol–water partition coefficient (Wildman–Crippen LogP) is 2.38. The molecule has 0 N–H and O–H groups in total. The van der Waals surface area contributed by atoms with Crippen molar-refractivity contribution in [3.05, 3.63) is 88.3 Å². The minimum absolute atomic E-state index is 0. The van der Waals surface area contributed by atoms with Gasteiger partial charge in [-0.3, -0.25) is 4.79 Å². The number of carboxylic acids is 1. The van der Waals surface area contributed by atoms with Gasteiger partial charge in [-0.1, -0.05) is 11.6 Å². The first-order valence-electron chi connectivity index (χ1n) is 10.7. The van der Waals surface area contributed by atoms with E-state index in [1.165, 1.54) is 47.9 Å². The standard InChI is InChI=1S/C26H18ClF4NO5.Na/c1-13-23(24(33)15-3-5-16(27)6-4-15)21-8-7-19(37-26(29,30)31)12-22(21)32(13)18-9-17(28)10-20(11-18)36-14(2)25(34)35;/h3-12,14H,1-2H3,(H,34,35);/q;+1/p-1/t14-;/m1./s1. The summed E-state index contributed by atoms with van der Waals surface area (Å²) in [6.07, 6.45) is -6.38. The summed E-state index contributed by atoms with van der Waals surface area (Å²) in [6, 6.07) is 12.8. The van der Waals surface area contributed by atoms with Crippen LogP contribution in [0.25, 0.3) is 16.6 Å². The van der Waals surface area contributed by atoms with Gasteiger partial charge in [-0.15, -0.1) is 13.2 Å². The second-order valence-electron chi connectivity index (χ2n) is 8.08. The largest absolute Gasteiger partial charge is 1.00 e. The molecule has 0 fully saturated rings. The zero-order valence-corrected chi connectivity index (χ0v) is 23.0. The van der Waals surface area contributed by atoms with Crippen molar-refractivity contribution in [2.75, 3.05) is 0 Å². The molecule has 1 heterocycles. The monoisotopic (exact) mass is 557 g/mol. The van der Waals surface area contributed by atoms with Crippen LogP contribution in [-0.2, 0) is 4.79 Å². The van der Waals surface area contributed by atoms with E-state index in [0.29, 0.717) is 5.02 Å². The van der Waals surface area contributed by atoms with Gasteiger partial charge in [-0.25, -0.2) is 4.39 Å². The van der Waals surface area contributed by atoms with Crippen LogP contribution in [0.2, 0.25) is 5.02 Å². The summed E-state index contributed by atoms with van der Waals surface area (Å²) in [5.74, 6) is -3.50. The average Bonchev–Trinajstić information content (AvgIpc) is 3.08. The van der Waals surface area contributed by atoms with Gasteiger partial charge in [-0.2, -0.15) is 0 Å². The number of nitrogens with zero attached hydrogens (tertiary/aromatic N) is 1. The molecule has 0 radical (unpaired) electrons. The minimum atomic E-state index is -4.97. The van der Waals surface area contributed by atoms with Crippen LogP contribution >= 0.6 is 11.6 Å². The Balaban J connectivity index is 0.00000400. The first kappa shape index (κ1) is 29.5. The van der Waals surface area contributed by atoms with Crippen molar-refractivity contribution < 1.29 is 71.3 Å². The van der Waals surface area contributed by atoms with E-state index in [1.54, 1.807) is 6.92 Å². The molecule has 1 aromatic heterocycles. The van der Waals surface area contributed by atoms with Gasteiger partial charge in [0, 0.05) is 39.9 Å². The molecular formula is C26H17ClF4NNaO5. The minimum Gasteiger partial charge on any atom is -0.546 e. The maximum atomic E-state index is 14.6. The molecule has 0 saturated carbocycles. The number of fused-ring (bicyclic) bond motifs is 1. The molecule has 6 nitrogen and oxygen atoms in total. The van der Waals surface area contributed by atoms with E-state index in [4.69, 9.17) is 16.3 Å². The van der Waals surface area contributed by atoms with Crippen molar-refractivity contribution in [3.63, 3.8) is 0 Å². The van der Waals surface area contributed by atoms with Crippen LogP contribution in [0, 0.1) is 12.7 Å². The number of hydrogen-bond donors (Lipinski definition) is 0. The Morgan fingerprint density at radius 3 is 2.26 bits per heavy atom. The molecule has 0 aliphatic rings. The predicted molar refractivity (Wildman–Crippen MR) is 125 cm³/mol. The van der Waals surface area contributed by atoms with Gasteiger partial charge in [0.05, 0.1) is 22.7 Å². The summed E-state index contributed by atoms with van der Waals surface area (Å²) in [6.45, 7) is 2.74. The number of alkyl halides is 3. The fourth-order valence-electron chi connectivity index (χ4n) is 3.95. The molecule has 0 amide bonds. The van der Waals surface area contributed by atoms with Gasteiger partial charge < -0.3 is 23.9 Å². The number of aliphatic carboxylic acids is 1. The number of carbonyl (C=O) groups excluding carboxylic acids is 2. The summed E-state index contributed by atoms with van der Waals surface area (Å²) < 4.78 is 63.9. The third-order valence-corrected chi connectivity index (χ3v) is 5.75. The van der Waals surface area contributed by atoms with E-state index >= 15 is 0 Å². The number of carbonyl (C=O) groups is 2. The molecule has 4 rings (SSSR count). The van der Waals surface area contributed by atoms with Crippen molar-refractivity contribution in [1.82, 2.24) is 4.57 Å². The Bertz CT molecular complexity index is 1520. The molecule has 38 heavy (non-hydrogen) atoms. The van der Waals surface area contributed by atoms with Gasteiger partial charge in [-0.05, 0) is 56.3 Å². The number of ether oxygens (including phenoxy) is 2. The number of aromatic nitrogens is 1. The topological polar surface area (TPSA) is 80.6 Å². The number of carboxylic acid groups (broad SMARTS) is 1. The molecular weight excluding hydrogens is 541 g/mol. The summed E-state index contributed by atoms with van der Waals surface area (Å²) in [7, 11) is 0. The molecule has 0 saturated heterocycles. The molecule has 3 aromatic carbocycles. The summed E-state index contributed by atoms with van der Waals surface area (Å²) in [5.41, 5.74) is 0.894. The number of ketones is 1. The van der Waals surface area contributed by atoms with Gasteiger partial charge in [0.2, 0.25) is 0 Å². The first-order valence-corrected chi connectivity index (χ1v) is 11.1. The smallest absolute Gasteiger partial charge is 0.546 e. The van der Waals surface area contributed by atoms with E-state index in [1.807, 2.05) is 0 Å². The molecule has 4 aromatic rings. The van der Waals surface area contributed by atoms with Crippen LogP contribution < -0.4 is 44.1 Å². The van der Waals surface area contributed by atoms with Crippen molar-refractivity contribution in [1.29, 1.82) is 0 Å². The fourth-order valence-corrected chi connectivity index (χ4v) is 4.08. The van der Waals surface area contributed by atoms with Crippen molar-refractivity contribution in [2.24, 2.45) is 0 Å². The van der Waals surface area contributed by atoms with Gasteiger partial charge in [0.15, 0.2) is 5.78 Å². The maximum absolute atomic E-state index is 14.6. The average molecular weight is 558 g/mol. The van der Waals surface area contributed by atoms with Crippen LogP contribution in [0.4, 0.5) is 17.6 Å². The Morgan fingerprint density at radius 2 is 1.66 bits per heavy atom. The van der Waals surface area contributed by atoms with E-state index in [0.717, 1.165) is 24.3 Å².